The predicted octanol–water partition coefficient (Wildman–Crippen LogP) is 2.74. The van der Waals surface area contributed by atoms with Gasteiger partial charge in [0.05, 0.1) is 19.8 Å². The van der Waals surface area contributed by atoms with E-state index in [4.69, 9.17) is 4.74 Å². The van der Waals surface area contributed by atoms with Crippen LogP contribution in [-0.4, -0.2) is 61.0 Å². The molecule has 1 heterocycles. The lowest BCUT2D eigenvalue weighted by Crippen LogP contribution is -2.40. The Morgan fingerprint density at radius 1 is 0.938 bits per heavy atom. The van der Waals surface area contributed by atoms with Crippen LogP contribution in [0.3, 0.4) is 0 Å². The monoisotopic (exact) mass is 438 g/mol. The molecule has 32 heavy (non-hydrogen) atoms. The molecular weight excluding hydrogens is 408 g/mol. The van der Waals surface area contributed by atoms with E-state index in [0.717, 1.165) is 0 Å². The molecular formula is C24H30N4O4. The van der Waals surface area contributed by atoms with Gasteiger partial charge in [0.15, 0.2) is 0 Å². The van der Waals surface area contributed by atoms with Crippen LogP contribution in [0.25, 0.3) is 0 Å². The minimum atomic E-state index is -0.349. The lowest BCUT2D eigenvalue weighted by Gasteiger charge is -2.27. The molecule has 1 fully saturated rings. The average Bonchev–Trinajstić information content (AvgIpc) is 2.77. The number of benzene rings is 2. The van der Waals surface area contributed by atoms with E-state index < -0.39 is 0 Å². The van der Waals surface area contributed by atoms with Crippen molar-refractivity contribution in [2.24, 2.45) is 0 Å². The van der Waals surface area contributed by atoms with Gasteiger partial charge in [-0.3, -0.25) is 14.4 Å². The molecule has 8 heteroatoms. The number of ether oxygens (including phenoxy) is 1. The Labute approximate surface area is 188 Å². The Balaban J connectivity index is 1.56. The molecule has 2 aromatic carbocycles. The third kappa shape index (κ3) is 6.81. The number of carbonyl (C=O) groups is 3. The number of carbonyl (C=O) groups excluding carboxylic acids is 3. The Kier molecular flexibility index (Phi) is 7.48. The van der Waals surface area contributed by atoms with Crippen molar-refractivity contribution in [2.75, 3.05) is 43.5 Å². The highest BCUT2D eigenvalue weighted by Gasteiger charge is 2.19. The number of nitrogens with zero attached hydrogens (tertiary/aromatic N) is 1. The van der Waals surface area contributed by atoms with Gasteiger partial charge in [-0.2, -0.15) is 0 Å². The number of anilines is 2. The minimum absolute atomic E-state index is 0.0214. The second kappa shape index (κ2) is 10.3. The number of amides is 3. The van der Waals surface area contributed by atoms with Crippen molar-refractivity contribution in [3.8, 4) is 0 Å². The van der Waals surface area contributed by atoms with Crippen LogP contribution in [0.4, 0.5) is 11.4 Å². The SMILES string of the molecule is CC(C)(C)NC(=O)c1cccc(NC(=O)CNc2cccc(C(=O)N3CCOCC3)c2)c1. The smallest absolute Gasteiger partial charge is 0.254 e. The van der Waals surface area contributed by atoms with E-state index in [1.165, 1.54) is 0 Å². The van der Waals surface area contributed by atoms with E-state index in [2.05, 4.69) is 16.0 Å². The van der Waals surface area contributed by atoms with Crippen molar-refractivity contribution in [1.29, 1.82) is 0 Å². The highest BCUT2D eigenvalue weighted by molar-refractivity contribution is 5.98. The summed E-state index contributed by atoms with van der Waals surface area (Å²) < 4.78 is 5.29. The average molecular weight is 439 g/mol. The first-order chi connectivity index (χ1) is 15.2. The molecule has 0 bridgehead atoms. The quantitative estimate of drug-likeness (QED) is 0.644. The maximum Gasteiger partial charge on any atom is 0.254 e. The molecule has 0 spiro atoms. The van der Waals surface area contributed by atoms with E-state index in [0.29, 0.717) is 48.8 Å². The Morgan fingerprint density at radius 3 is 2.25 bits per heavy atom. The standard InChI is InChI=1S/C24H30N4O4/c1-24(2,3)27-22(30)17-6-4-9-20(14-17)26-21(29)16-25-19-8-5-7-18(15-19)23(31)28-10-12-32-13-11-28/h4-9,14-15,25H,10-13,16H2,1-3H3,(H,26,29)(H,27,30). The summed E-state index contributed by atoms with van der Waals surface area (Å²) in [7, 11) is 0. The van der Waals surface area contributed by atoms with Gasteiger partial charge in [-0.1, -0.05) is 12.1 Å². The van der Waals surface area contributed by atoms with Crippen molar-refractivity contribution in [1.82, 2.24) is 10.2 Å². The van der Waals surface area contributed by atoms with Crippen molar-refractivity contribution < 1.29 is 19.1 Å². The number of hydrogen-bond acceptors (Lipinski definition) is 5. The van der Waals surface area contributed by atoms with Gasteiger partial charge in [0.25, 0.3) is 11.8 Å². The van der Waals surface area contributed by atoms with E-state index >= 15 is 0 Å². The first kappa shape index (κ1) is 23.3. The molecule has 2 aromatic rings. The lowest BCUT2D eigenvalue weighted by atomic mass is 10.1. The minimum Gasteiger partial charge on any atom is -0.378 e. The molecule has 0 aliphatic carbocycles. The van der Waals surface area contributed by atoms with Crippen LogP contribution in [-0.2, 0) is 9.53 Å². The van der Waals surface area contributed by atoms with E-state index in [-0.39, 0.29) is 29.8 Å². The third-order valence-corrected chi connectivity index (χ3v) is 4.76. The molecule has 1 aliphatic heterocycles. The summed E-state index contributed by atoms with van der Waals surface area (Å²) in [6.45, 7) is 7.99. The summed E-state index contributed by atoms with van der Waals surface area (Å²) in [6, 6.07) is 13.9. The lowest BCUT2D eigenvalue weighted by molar-refractivity contribution is -0.114. The van der Waals surface area contributed by atoms with E-state index in [1.807, 2.05) is 20.8 Å². The first-order valence-corrected chi connectivity index (χ1v) is 10.6. The second-order valence-corrected chi connectivity index (χ2v) is 8.67. The summed E-state index contributed by atoms with van der Waals surface area (Å²) in [5.41, 5.74) is 1.90. The number of nitrogens with one attached hydrogen (secondary N) is 3. The van der Waals surface area contributed by atoms with Crippen molar-refractivity contribution in [2.45, 2.75) is 26.3 Å². The third-order valence-electron chi connectivity index (χ3n) is 4.76. The summed E-state index contributed by atoms with van der Waals surface area (Å²) in [4.78, 5) is 39.1. The van der Waals surface area contributed by atoms with E-state index in [9.17, 15) is 14.4 Å². The maximum atomic E-state index is 12.6. The molecule has 1 saturated heterocycles. The molecule has 0 saturated carbocycles. The van der Waals surface area contributed by atoms with Crippen LogP contribution in [0.15, 0.2) is 48.5 Å². The molecule has 1 aliphatic rings. The molecule has 0 aromatic heterocycles. The molecule has 170 valence electrons. The summed E-state index contributed by atoms with van der Waals surface area (Å²) in [5, 5.41) is 8.73. The van der Waals surface area contributed by atoms with Gasteiger partial charge in [0, 0.05) is 41.1 Å². The van der Waals surface area contributed by atoms with E-state index in [1.54, 1.807) is 53.4 Å². The van der Waals surface area contributed by atoms with Gasteiger partial charge in [0.2, 0.25) is 5.91 Å². The maximum absolute atomic E-state index is 12.6. The first-order valence-electron chi connectivity index (χ1n) is 10.6. The number of morpholine rings is 1. The van der Waals surface area contributed by atoms with Crippen LogP contribution in [0.5, 0.6) is 0 Å². The normalized spacial score (nSPS) is 13.9. The highest BCUT2D eigenvalue weighted by atomic mass is 16.5. The molecule has 0 unspecified atom stereocenters. The van der Waals surface area contributed by atoms with Crippen LogP contribution < -0.4 is 16.0 Å². The van der Waals surface area contributed by atoms with Crippen LogP contribution >= 0.6 is 0 Å². The van der Waals surface area contributed by atoms with Crippen molar-refractivity contribution in [3.05, 3.63) is 59.7 Å². The summed E-state index contributed by atoms with van der Waals surface area (Å²) in [5.74, 6) is -0.511. The Morgan fingerprint density at radius 2 is 1.56 bits per heavy atom. The molecule has 3 N–H and O–H groups in total. The zero-order chi connectivity index (χ0) is 23.1. The molecule has 3 amide bonds. The zero-order valence-corrected chi connectivity index (χ0v) is 18.7. The number of rotatable bonds is 6. The fraction of sp³-hybridized carbons (Fsp3) is 0.375. The van der Waals surface area contributed by atoms with Crippen LogP contribution in [0, 0.1) is 0 Å². The Bertz CT molecular complexity index is 978. The van der Waals surface area contributed by atoms with Gasteiger partial charge in [-0.25, -0.2) is 0 Å². The fourth-order valence-corrected chi connectivity index (χ4v) is 3.25. The molecule has 0 radical (unpaired) electrons. The predicted molar refractivity (Wildman–Crippen MR) is 124 cm³/mol. The Hall–Kier alpha value is -3.39. The van der Waals surface area contributed by atoms with Crippen LogP contribution in [0.2, 0.25) is 0 Å². The number of hydrogen-bond donors (Lipinski definition) is 3. The molecule has 0 atom stereocenters. The topological polar surface area (TPSA) is 99.8 Å². The highest BCUT2D eigenvalue weighted by Crippen LogP contribution is 2.15. The van der Waals surface area contributed by atoms with Crippen LogP contribution in [0.1, 0.15) is 41.5 Å². The fourth-order valence-electron chi connectivity index (χ4n) is 3.25. The second-order valence-electron chi connectivity index (χ2n) is 8.67. The van der Waals surface area contributed by atoms with Gasteiger partial charge >= 0.3 is 0 Å². The van der Waals surface area contributed by atoms with Gasteiger partial charge in [0.1, 0.15) is 0 Å². The van der Waals surface area contributed by atoms with Gasteiger partial charge < -0.3 is 25.6 Å². The molecule has 3 rings (SSSR count). The molecule has 8 nitrogen and oxygen atoms in total. The van der Waals surface area contributed by atoms with Crippen molar-refractivity contribution in [3.63, 3.8) is 0 Å². The zero-order valence-electron chi connectivity index (χ0n) is 18.7. The van der Waals surface area contributed by atoms with Gasteiger partial charge in [-0.15, -0.1) is 0 Å². The summed E-state index contributed by atoms with van der Waals surface area (Å²) >= 11 is 0. The summed E-state index contributed by atoms with van der Waals surface area (Å²) in [6.07, 6.45) is 0. The van der Waals surface area contributed by atoms with Gasteiger partial charge in [-0.05, 0) is 57.2 Å². The van der Waals surface area contributed by atoms with Crippen molar-refractivity contribution >= 4 is 29.1 Å². The largest absolute Gasteiger partial charge is 0.378 e.